The van der Waals surface area contributed by atoms with E-state index in [1.165, 1.54) is 0 Å². The Labute approximate surface area is 191 Å². The predicted octanol–water partition coefficient (Wildman–Crippen LogP) is 4.94. The maximum absolute atomic E-state index is 12.0. The summed E-state index contributed by atoms with van der Waals surface area (Å²) < 4.78 is 25.5. The summed E-state index contributed by atoms with van der Waals surface area (Å²) in [5, 5.41) is 0. The van der Waals surface area contributed by atoms with Crippen LogP contribution in [0, 0.1) is 0 Å². The van der Waals surface area contributed by atoms with Gasteiger partial charge in [0.1, 0.15) is 6.61 Å². The van der Waals surface area contributed by atoms with Crippen LogP contribution in [0.5, 0.6) is 0 Å². The van der Waals surface area contributed by atoms with Gasteiger partial charge in [0.2, 0.25) is 0 Å². The zero-order valence-corrected chi connectivity index (χ0v) is 20.0. The zero-order valence-electron chi connectivity index (χ0n) is 19.1. The smallest absolute Gasteiger partial charge is 0.461 e. The van der Waals surface area contributed by atoms with Crippen LogP contribution in [0.2, 0.25) is 0 Å². The predicted molar refractivity (Wildman–Crippen MR) is 124 cm³/mol. The van der Waals surface area contributed by atoms with Crippen LogP contribution in [0.1, 0.15) is 65.2 Å². The first kappa shape index (κ1) is 30.0. The van der Waals surface area contributed by atoms with E-state index in [2.05, 4.69) is 30.5 Å². The average molecular weight is 473 g/mol. The van der Waals surface area contributed by atoms with E-state index in [1.54, 1.807) is 12.2 Å². The summed E-state index contributed by atoms with van der Waals surface area (Å²) in [6, 6.07) is 0. The van der Waals surface area contributed by atoms with Crippen molar-refractivity contribution in [3.05, 3.63) is 48.6 Å². The summed E-state index contributed by atoms with van der Waals surface area (Å²) >= 11 is 0. The Balaban J connectivity index is 4.47. The van der Waals surface area contributed by atoms with E-state index in [0.717, 1.165) is 25.7 Å². The van der Waals surface area contributed by atoms with E-state index in [0.29, 0.717) is 12.8 Å². The normalized spacial score (nSPS) is 13.5. The fraction of sp³-hybridized carbons (Fsp3) is 0.565. The number of esters is 2. The molecule has 0 radical (unpaired) electrons. The molecular formula is C23H37O8P. The highest BCUT2D eigenvalue weighted by Gasteiger charge is 2.22. The highest BCUT2D eigenvalue weighted by Crippen LogP contribution is 2.35. The number of hydrogen-bond donors (Lipinski definition) is 2. The molecule has 0 aromatic rings. The lowest BCUT2D eigenvalue weighted by Crippen LogP contribution is -2.29. The average Bonchev–Trinajstić information content (AvgIpc) is 2.73. The van der Waals surface area contributed by atoms with Crippen LogP contribution >= 0.6 is 7.82 Å². The number of unbranched alkanes of at least 4 members (excludes halogenated alkanes) is 2. The van der Waals surface area contributed by atoms with Crippen LogP contribution in [-0.2, 0) is 28.2 Å². The van der Waals surface area contributed by atoms with Crippen molar-refractivity contribution in [3.8, 4) is 0 Å². The topological polar surface area (TPSA) is 119 Å². The first-order chi connectivity index (χ1) is 15.3. The molecule has 0 spiro atoms. The van der Waals surface area contributed by atoms with Gasteiger partial charge in [-0.3, -0.25) is 14.1 Å². The van der Waals surface area contributed by atoms with Crippen molar-refractivity contribution in [3.63, 3.8) is 0 Å². The zero-order chi connectivity index (χ0) is 24.1. The molecule has 0 saturated heterocycles. The Kier molecular flexibility index (Phi) is 18.5. The minimum absolute atomic E-state index is 0.0176. The molecule has 0 aliphatic carbocycles. The molecule has 32 heavy (non-hydrogen) atoms. The highest BCUT2D eigenvalue weighted by atomic mass is 31.2. The van der Waals surface area contributed by atoms with E-state index in [1.807, 2.05) is 24.3 Å². The number of carbonyl (C=O) groups excluding carboxylic acids is 2. The number of phosphoric ester groups is 1. The number of ether oxygens (including phenoxy) is 2. The van der Waals surface area contributed by atoms with Gasteiger partial charge >= 0.3 is 19.8 Å². The van der Waals surface area contributed by atoms with Crippen molar-refractivity contribution in [2.24, 2.45) is 0 Å². The Morgan fingerprint density at radius 2 is 1.28 bits per heavy atom. The highest BCUT2D eigenvalue weighted by molar-refractivity contribution is 7.46. The molecule has 0 amide bonds. The molecule has 0 rings (SSSR count). The summed E-state index contributed by atoms with van der Waals surface area (Å²) in [5.74, 6) is -1.16. The van der Waals surface area contributed by atoms with E-state index in [-0.39, 0.29) is 19.4 Å². The Morgan fingerprint density at radius 1 is 0.781 bits per heavy atom. The number of hydrogen-bond acceptors (Lipinski definition) is 6. The van der Waals surface area contributed by atoms with Crippen molar-refractivity contribution >= 4 is 19.8 Å². The third-order valence-corrected chi connectivity index (χ3v) is 4.33. The lowest BCUT2D eigenvalue weighted by molar-refractivity contribution is -0.160. The summed E-state index contributed by atoms with van der Waals surface area (Å²) in [6.45, 7) is 3.22. The van der Waals surface area contributed by atoms with Gasteiger partial charge in [-0.2, -0.15) is 0 Å². The van der Waals surface area contributed by atoms with E-state index in [4.69, 9.17) is 19.3 Å². The number of carbonyl (C=O) groups is 2. The van der Waals surface area contributed by atoms with Crippen molar-refractivity contribution < 1.29 is 37.9 Å². The Morgan fingerprint density at radius 3 is 1.78 bits per heavy atom. The fourth-order valence-corrected chi connectivity index (χ4v) is 2.61. The monoisotopic (exact) mass is 472 g/mol. The van der Waals surface area contributed by atoms with Gasteiger partial charge in [-0.15, -0.1) is 0 Å². The summed E-state index contributed by atoms with van der Waals surface area (Å²) in [6.07, 6.45) is 19.6. The minimum atomic E-state index is -4.75. The van der Waals surface area contributed by atoms with Gasteiger partial charge in [-0.25, -0.2) is 4.57 Å². The second-order valence-electron chi connectivity index (χ2n) is 6.92. The minimum Gasteiger partial charge on any atom is -0.461 e. The third kappa shape index (κ3) is 21.2. The molecule has 0 saturated carbocycles. The first-order valence-electron chi connectivity index (χ1n) is 10.9. The van der Waals surface area contributed by atoms with Crippen molar-refractivity contribution in [2.45, 2.75) is 71.3 Å². The molecular weight excluding hydrogens is 435 g/mol. The van der Waals surface area contributed by atoms with Crippen LogP contribution < -0.4 is 0 Å². The number of allylic oxidation sites excluding steroid dienone is 6. The third-order valence-electron chi connectivity index (χ3n) is 3.85. The molecule has 0 heterocycles. The molecule has 2 N–H and O–H groups in total. The van der Waals surface area contributed by atoms with Crippen LogP contribution in [-0.4, -0.2) is 41.0 Å². The molecule has 0 aliphatic rings. The van der Waals surface area contributed by atoms with Gasteiger partial charge in [-0.1, -0.05) is 75.3 Å². The molecule has 9 heteroatoms. The van der Waals surface area contributed by atoms with Crippen molar-refractivity contribution in [2.75, 3.05) is 13.2 Å². The lowest BCUT2D eigenvalue weighted by atomic mass is 10.2. The van der Waals surface area contributed by atoms with E-state index < -0.39 is 32.5 Å². The quantitative estimate of drug-likeness (QED) is 0.164. The molecule has 1 atom stereocenters. The van der Waals surface area contributed by atoms with E-state index in [9.17, 15) is 14.2 Å². The summed E-state index contributed by atoms with van der Waals surface area (Å²) in [5.41, 5.74) is 0. The van der Waals surface area contributed by atoms with Crippen LogP contribution in [0.25, 0.3) is 0 Å². The van der Waals surface area contributed by atoms with Gasteiger partial charge in [0, 0.05) is 0 Å². The largest absolute Gasteiger partial charge is 0.469 e. The van der Waals surface area contributed by atoms with Gasteiger partial charge in [0.15, 0.2) is 6.10 Å². The van der Waals surface area contributed by atoms with Crippen molar-refractivity contribution in [1.82, 2.24) is 0 Å². The Hall–Kier alpha value is -1.99. The fourth-order valence-electron chi connectivity index (χ4n) is 2.25. The van der Waals surface area contributed by atoms with Crippen molar-refractivity contribution in [1.29, 1.82) is 0 Å². The van der Waals surface area contributed by atoms with E-state index >= 15 is 0 Å². The van der Waals surface area contributed by atoms with Gasteiger partial charge < -0.3 is 19.3 Å². The lowest BCUT2D eigenvalue weighted by Gasteiger charge is -2.18. The molecule has 0 aromatic carbocycles. The van der Waals surface area contributed by atoms with Crippen LogP contribution in [0.4, 0.5) is 0 Å². The number of phosphoric acid groups is 1. The molecule has 0 bridgehead atoms. The molecule has 8 nitrogen and oxygen atoms in total. The second kappa shape index (κ2) is 19.7. The maximum atomic E-state index is 12.0. The molecule has 0 unspecified atom stereocenters. The molecule has 0 fully saturated rings. The SMILES string of the molecule is CCCC=CCC=CCC(=O)OC[C@H](COP(=O)(O)O)OC(=O)CC=CCC=CCCC. The Bertz CT molecular complexity index is 675. The summed E-state index contributed by atoms with van der Waals surface area (Å²) in [4.78, 5) is 41.6. The molecule has 182 valence electrons. The van der Waals surface area contributed by atoms with Crippen LogP contribution in [0.3, 0.4) is 0 Å². The second-order valence-corrected chi connectivity index (χ2v) is 8.16. The first-order valence-corrected chi connectivity index (χ1v) is 12.5. The maximum Gasteiger partial charge on any atom is 0.469 e. The number of rotatable bonds is 18. The van der Waals surface area contributed by atoms with Gasteiger partial charge in [0.05, 0.1) is 19.4 Å². The standard InChI is InChI=1S/C23H37O8P/c1-3-5-7-9-11-13-15-17-22(24)29-19-21(20-30-32(26,27)28)31-23(25)18-16-14-12-10-8-6-4-2/h7-10,13-16,21H,3-6,11-12,17-20H2,1-2H3,(H2,26,27,28)/t21-/m1/s1. The van der Waals surface area contributed by atoms with Gasteiger partial charge in [0.25, 0.3) is 0 Å². The van der Waals surface area contributed by atoms with Crippen LogP contribution in [0.15, 0.2) is 48.6 Å². The molecule has 0 aliphatic heterocycles. The summed E-state index contributed by atoms with van der Waals surface area (Å²) in [7, 11) is -4.75. The van der Waals surface area contributed by atoms with Gasteiger partial charge in [-0.05, 0) is 25.7 Å². The molecule has 0 aromatic heterocycles.